The summed E-state index contributed by atoms with van der Waals surface area (Å²) >= 11 is 0. The molecule has 0 unspecified atom stereocenters. The van der Waals surface area contributed by atoms with Crippen LogP contribution in [0.25, 0.3) is 0 Å². The van der Waals surface area contributed by atoms with Gasteiger partial charge in [-0.1, -0.05) is 30.3 Å². The maximum Gasteiger partial charge on any atom is 0.216 e. The zero-order chi connectivity index (χ0) is 19.6. The minimum atomic E-state index is -3.36. The van der Waals surface area contributed by atoms with Gasteiger partial charge in [0, 0.05) is 33.2 Å². The molecule has 0 aliphatic carbocycles. The normalized spacial score (nSPS) is 11.8. The third-order valence-corrected chi connectivity index (χ3v) is 5.31. The lowest BCUT2D eigenvalue weighted by molar-refractivity contribution is 0.469. The second-order valence-corrected chi connectivity index (χ2v) is 8.31. The summed E-state index contributed by atoms with van der Waals surface area (Å²) in [6.45, 7) is 8.76. The van der Waals surface area contributed by atoms with Crippen LogP contribution in [0.3, 0.4) is 0 Å². The van der Waals surface area contributed by atoms with Gasteiger partial charge in [0.15, 0.2) is 5.96 Å². The highest BCUT2D eigenvalue weighted by molar-refractivity contribution is 14.0. The molecule has 1 aromatic carbocycles. The molecule has 2 N–H and O–H groups in total. The molecule has 0 aromatic heterocycles. The second kappa shape index (κ2) is 13.1. The molecule has 27 heavy (non-hydrogen) atoms. The van der Waals surface area contributed by atoms with E-state index in [0.29, 0.717) is 6.54 Å². The first kappa shape index (κ1) is 25.9. The lowest BCUT2D eigenvalue weighted by atomic mass is 10.1. The number of unbranched alkanes of at least 4 members (excludes halogenated alkanes) is 1. The SMILES string of the molecule is C=CCCCN(C)C(=NC)NCc1ccccc1CS(=O)(=O)NC(C)C.I. The van der Waals surface area contributed by atoms with E-state index in [9.17, 15) is 8.42 Å². The Hall–Kier alpha value is -1.13. The minimum absolute atomic E-state index is 0. The maximum atomic E-state index is 12.2. The predicted octanol–water partition coefficient (Wildman–Crippen LogP) is 3.11. The standard InChI is InChI=1S/C19H32N4O2S.HI/c1-6-7-10-13-23(5)19(20-4)21-14-17-11-8-9-12-18(17)15-26(24,25)22-16(2)3;/h6,8-9,11-12,16,22H,1,7,10,13-15H2,2-5H3,(H,20,21);1H. The highest BCUT2D eigenvalue weighted by Gasteiger charge is 2.15. The summed E-state index contributed by atoms with van der Waals surface area (Å²) in [4.78, 5) is 6.36. The van der Waals surface area contributed by atoms with Gasteiger partial charge in [0.25, 0.3) is 0 Å². The summed E-state index contributed by atoms with van der Waals surface area (Å²) in [5, 5.41) is 3.31. The van der Waals surface area contributed by atoms with E-state index in [2.05, 4.69) is 26.5 Å². The number of aliphatic imine (C=N–C) groups is 1. The number of nitrogens with zero attached hydrogens (tertiary/aromatic N) is 2. The van der Waals surface area contributed by atoms with Gasteiger partial charge in [0.1, 0.15) is 0 Å². The Morgan fingerprint density at radius 1 is 1.30 bits per heavy atom. The average molecular weight is 508 g/mol. The number of halogens is 1. The summed E-state index contributed by atoms with van der Waals surface area (Å²) in [7, 11) is 0.373. The van der Waals surface area contributed by atoms with Crippen molar-refractivity contribution in [2.45, 2.75) is 45.0 Å². The van der Waals surface area contributed by atoms with E-state index in [1.54, 1.807) is 7.05 Å². The van der Waals surface area contributed by atoms with Crippen LogP contribution in [0.15, 0.2) is 41.9 Å². The number of hydrogen-bond donors (Lipinski definition) is 2. The van der Waals surface area contributed by atoms with Crippen molar-refractivity contribution in [3.8, 4) is 0 Å². The summed E-state index contributed by atoms with van der Waals surface area (Å²) < 4.78 is 27.1. The fraction of sp³-hybridized carbons (Fsp3) is 0.526. The summed E-state index contributed by atoms with van der Waals surface area (Å²) in [6.07, 6.45) is 3.88. The van der Waals surface area contributed by atoms with E-state index in [1.807, 2.05) is 51.2 Å². The van der Waals surface area contributed by atoms with Crippen molar-refractivity contribution in [2.75, 3.05) is 20.6 Å². The smallest absolute Gasteiger partial charge is 0.216 e. The van der Waals surface area contributed by atoms with Gasteiger partial charge in [0.2, 0.25) is 10.0 Å². The molecule has 0 aliphatic rings. The number of nitrogens with one attached hydrogen (secondary N) is 2. The molecule has 0 radical (unpaired) electrons. The summed E-state index contributed by atoms with van der Waals surface area (Å²) in [5.41, 5.74) is 1.74. The van der Waals surface area contributed by atoms with Gasteiger partial charge in [-0.15, -0.1) is 30.6 Å². The van der Waals surface area contributed by atoms with E-state index < -0.39 is 10.0 Å². The Morgan fingerprint density at radius 2 is 1.93 bits per heavy atom. The van der Waals surface area contributed by atoms with Crippen LogP contribution in [0, 0.1) is 0 Å². The van der Waals surface area contributed by atoms with Crippen LogP contribution in [0.5, 0.6) is 0 Å². The predicted molar refractivity (Wildman–Crippen MR) is 125 cm³/mol. The van der Waals surface area contributed by atoms with Crippen LogP contribution in [-0.2, 0) is 22.3 Å². The first-order chi connectivity index (χ1) is 12.3. The van der Waals surface area contributed by atoms with Gasteiger partial charge in [-0.05, 0) is 37.8 Å². The second-order valence-electron chi connectivity index (χ2n) is 6.55. The maximum absolute atomic E-state index is 12.2. The molecule has 0 fully saturated rings. The lowest BCUT2D eigenvalue weighted by Gasteiger charge is -2.22. The van der Waals surface area contributed by atoms with Crippen molar-refractivity contribution < 1.29 is 8.42 Å². The zero-order valence-electron chi connectivity index (χ0n) is 16.7. The molecule has 1 aromatic rings. The third kappa shape index (κ3) is 10.1. The quantitative estimate of drug-likeness (QED) is 0.168. The van der Waals surface area contributed by atoms with Crippen molar-refractivity contribution in [3.63, 3.8) is 0 Å². The van der Waals surface area contributed by atoms with Crippen LogP contribution < -0.4 is 10.0 Å². The molecule has 0 amide bonds. The van der Waals surface area contributed by atoms with Crippen LogP contribution >= 0.6 is 24.0 Å². The minimum Gasteiger partial charge on any atom is -0.352 e. The molecule has 0 aliphatic heterocycles. The number of hydrogen-bond acceptors (Lipinski definition) is 3. The first-order valence-corrected chi connectivity index (χ1v) is 10.5. The van der Waals surface area contributed by atoms with Gasteiger partial charge in [-0.2, -0.15) is 0 Å². The van der Waals surface area contributed by atoms with Crippen molar-refractivity contribution in [1.82, 2.24) is 14.9 Å². The summed E-state index contributed by atoms with van der Waals surface area (Å²) in [6, 6.07) is 7.46. The molecule has 6 nitrogen and oxygen atoms in total. The van der Waals surface area contributed by atoms with Crippen LogP contribution in [0.2, 0.25) is 0 Å². The molecule has 0 bridgehead atoms. The molecule has 0 atom stereocenters. The van der Waals surface area contributed by atoms with Crippen molar-refractivity contribution in [2.24, 2.45) is 4.99 Å². The number of benzene rings is 1. The van der Waals surface area contributed by atoms with Gasteiger partial charge in [0.05, 0.1) is 5.75 Å². The Morgan fingerprint density at radius 3 is 2.48 bits per heavy atom. The Balaban J connectivity index is 0.00000676. The van der Waals surface area contributed by atoms with Crippen molar-refractivity contribution in [3.05, 3.63) is 48.0 Å². The Labute approximate surface area is 181 Å². The van der Waals surface area contributed by atoms with E-state index >= 15 is 0 Å². The third-order valence-electron chi connectivity index (χ3n) is 3.79. The molecular weight excluding hydrogens is 475 g/mol. The number of sulfonamides is 1. The lowest BCUT2D eigenvalue weighted by Crippen LogP contribution is -2.39. The topological polar surface area (TPSA) is 73.8 Å². The van der Waals surface area contributed by atoms with Gasteiger partial charge >= 0.3 is 0 Å². The van der Waals surface area contributed by atoms with E-state index in [1.165, 1.54) is 0 Å². The van der Waals surface area contributed by atoms with Crippen molar-refractivity contribution in [1.29, 1.82) is 0 Å². The highest BCUT2D eigenvalue weighted by Crippen LogP contribution is 2.12. The first-order valence-electron chi connectivity index (χ1n) is 8.88. The molecule has 0 heterocycles. The molecular formula is C19H33IN4O2S. The van der Waals surface area contributed by atoms with E-state index in [-0.39, 0.29) is 35.8 Å². The number of allylic oxidation sites excluding steroid dienone is 1. The Bertz CT molecular complexity index is 705. The zero-order valence-corrected chi connectivity index (χ0v) is 19.9. The Kier molecular flexibility index (Phi) is 12.6. The number of rotatable bonds is 10. The fourth-order valence-electron chi connectivity index (χ4n) is 2.61. The van der Waals surface area contributed by atoms with Gasteiger partial charge in [-0.25, -0.2) is 13.1 Å². The van der Waals surface area contributed by atoms with Crippen molar-refractivity contribution >= 4 is 40.0 Å². The largest absolute Gasteiger partial charge is 0.352 e. The molecule has 8 heteroatoms. The van der Waals surface area contributed by atoms with Crippen LogP contribution in [0.1, 0.15) is 37.8 Å². The molecule has 1 rings (SSSR count). The summed E-state index contributed by atoms with van der Waals surface area (Å²) in [5.74, 6) is 0.753. The number of guanidine groups is 1. The molecule has 0 saturated carbocycles. The van der Waals surface area contributed by atoms with Crippen LogP contribution in [0.4, 0.5) is 0 Å². The van der Waals surface area contributed by atoms with Gasteiger partial charge < -0.3 is 10.2 Å². The molecule has 0 spiro atoms. The van der Waals surface area contributed by atoms with E-state index in [4.69, 9.17) is 0 Å². The molecule has 0 saturated heterocycles. The molecule has 154 valence electrons. The average Bonchev–Trinajstić information content (AvgIpc) is 2.55. The van der Waals surface area contributed by atoms with Gasteiger partial charge in [-0.3, -0.25) is 4.99 Å². The highest BCUT2D eigenvalue weighted by atomic mass is 127. The van der Waals surface area contributed by atoms with Crippen LogP contribution in [-0.4, -0.2) is 46.0 Å². The monoisotopic (exact) mass is 508 g/mol. The van der Waals surface area contributed by atoms with E-state index in [0.717, 1.165) is 36.5 Å². The fourth-order valence-corrected chi connectivity index (χ4v) is 4.11.